The Morgan fingerprint density at radius 1 is 0.433 bits per heavy atom. The minimum absolute atomic E-state index is 0.0145. The van der Waals surface area contributed by atoms with Gasteiger partial charge in [0.15, 0.2) is 0 Å². The van der Waals surface area contributed by atoms with Crippen molar-refractivity contribution >= 4 is 0 Å². The lowest BCUT2D eigenvalue weighted by molar-refractivity contribution is -0.304. The molecule has 0 amide bonds. The zero-order valence-electron chi connectivity index (χ0n) is 19.6. The van der Waals surface area contributed by atoms with E-state index < -0.39 is 18.0 Å². The van der Waals surface area contributed by atoms with Gasteiger partial charge in [-0.2, -0.15) is 22.0 Å². The van der Waals surface area contributed by atoms with Gasteiger partial charge in [0.05, 0.1) is 0 Å². The van der Waals surface area contributed by atoms with Crippen LogP contribution in [-0.4, -0.2) is 12.1 Å². The van der Waals surface area contributed by atoms with Gasteiger partial charge in [-0.05, 0) is 12.8 Å². The number of rotatable bonds is 21. The Kier molecular flexibility index (Phi) is 18.0. The van der Waals surface area contributed by atoms with E-state index in [-0.39, 0.29) is 12.8 Å². The lowest BCUT2D eigenvalue weighted by Gasteiger charge is -2.29. The molecule has 0 N–H and O–H groups in total. The third-order valence-electron chi connectivity index (χ3n) is 6.20. The molecule has 0 rings (SSSR count). The normalized spacial score (nSPS) is 13.7. The van der Waals surface area contributed by atoms with E-state index in [1.165, 1.54) is 38.5 Å². The van der Waals surface area contributed by atoms with Crippen molar-refractivity contribution in [1.29, 1.82) is 0 Å². The summed E-state index contributed by atoms with van der Waals surface area (Å²) in [5, 5.41) is 0. The maximum atomic E-state index is 13.9. The van der Waals surface area contributed by atoms with Crippen molar-refractivity contribution in [2.24, 2.45) is 5.92 Å². The van der Waals surface area contributed by atoms with Gasteiger partial charge in [0.1, 0.15) is 0 Å². The van der Waals surface area contributed by atoms with Crippen molar-refractivity contribution in [1.82, 2.24) is 0 Å². The molecule has 0 aliphatic rings. The van der Waals surface area contributed by atoms with Crippen molar-refractivity contribution < 1.29 is 22.0 Å². The van der Waals surface area contributed by atoms with E-state index in [2.05, 4.69) is 13.8 Å². The molecule has 0 saturated heterocycles. The summed E-state index contributed by atoms with van der Waals surface area (Å²) in [6.45, 7) is 4.32. The zero-order chi connectivity index (χ0) is 22.7. The Labute approximate surface area is 182 Å². The second-order valence-electron chi connectivity index (χ2n) is 9.05. The first-order valence-corrected chi connectivity index (χ1v) is 12.7. The molecule has 0 aromatic heterocycles. The smallest absolute Gasteiger partial charge is 0.196 e. The van der Waals surface area contributed by atoms with Crippen LogP contribution < -0.4 is 0 Å². The average Bonchev–Trinajstić information content (AvgIpc) is 2.68. The molecule has 0 aromatic rings. The Balaban J connectivity index is 4.06. The van der Waals surface area contributed by atoms with Gasteiger partial charge < -0.3 is 0 Å². The van der Waals surface area contributed by atoms with E-state index in [0.29, 0.717) is 12.8 Å². The van der Waals surface area contributed by atoms with Crippen molar-refractivity contribution in [2.75, 3.05) is 0 Å². The summed E-state index contributed by atoms with van der Waals surface area (Å²) < 4.78 is 66.5. The fourth-order valence-electron chi connectivity index (χ4n) is 4.14. The van der Waals surface area contributed by atoms with E-state index in [1.54, 1.807) is 0 Å². The van der Waals surface area contributed by atoms with Gasteiger partial charge in [0.25, 0.3) is 0 Å². The Morgan fingerprint density at radius 2 is 0.700 bits per heavy atom. The second kappa shape index (κ2) is 18.2. The third kappa shape index (κ3) is 14.6. The number of halogens is 5. The lowest BCUT2D eigenvalue weighted by Crippen LogP contribution is -2.43. The summed E-state index contributed by atoms with van der Waals surface area (Å²) >= 11 is 0. The molecule has 1 atom stereocenters. The van der Waals surface area contributed by atoms with Crippen LogP contribution in [0.2, 0.25) is 0 Å². The minimum Gasteiger partial charge on any atom is -0.196 e. The molecule has 1 unspecified atom stereocenters. The molecule has 0 saturated carbocycles. The van der Waals surface area contributed by atoms with Gasteiger partial charge >= 0.3 is 12.1 Å². The van der Waals surface area contributed by atoms with Crippen LogP contribution >= 0.6 is 0 Å². The number of unbranched alkanes of at least 4 members (excludes halogenated alkanes) is 16. The fourth-order valence-corrected chi connectivity index (χ4v) is 4.14. The van der Waals surface area contributed by atoms with Crippen LogP contribution in [0.5, 0.6) is 0 Å². The first-order valence-electron chi connectivity index (χ1n) is 12.7. The molecule has 0 aromatic carbocycles. The van der Waals surface area contributed by atoms with Crippen LogP contribution in [0, 0.1) is 5.92 Å². The maximum absolute atomic E-state index is 13.9. The molecule has 182 valence electrons. The molecule has 0 fully saturated rings. The van der Waals surface area contributed by atoms with Crippen LogP contribution in [0.3, 0.4) is 0 Å². The van der Waals surface area contributed by atoms with Crippen molar-refractivity contribution in [3.8, 4) is 0 Å². The average molecular weight is 443 g/mol. The van der Waals surface area contributed by atoms with E-state index in [1.807, 2.05) is 0 Å². The summed E-state index contributed by atoms with van der Waals surface area (Å²) in [5.41, 5.74) is 0. The Hall–Kier alpha value is -0.350. The lowest BCUT2D eigenvalue weighted by atomic mass is 9.88. The van der Waals surface area contributed by atoms with Crippen molar-refractivity contribution in [3.05, 3.63) is 0 Å². The Morgan fingerprint density at radius 3 is 0.967 bits per heavy atom. The molecule has 5 heteroatoms. The van der Waals surface area contributed by atoms with Gasteiger partial charge in [-0.25, -0.2) is 0 Å². The van der Waals surface area contributed by atoms with E-state index in [0.717, 1.165) is 64.2 Å². The molecule has 0 heterocycles. The molecule has 0 bridgehead atoms. The van der Waals surface area contributed by atoms with Crippen molar-refractivity contribution in [3.63, 3.8) is 0 Å². The maximum Gasteiger partial charge on any atom is 0.453 e. The predicted octanol–water partition coefficient (Wildman–Crippen LogP) is 10.6. The van der Waals surface area contributed by atoms with Gasteiger partial charge in [-0.1, -0.05) is 129 Å². The number of alkyl halides is 5. The van der Waals surface area contributed by atoms with Crippen LogP contribution in [0.15, 0.2) is 0 Å². The van der Waals surface area contributed by atoms with Crippen LogP contribution in [0.25, 0.3) is 0 Å². The standard InChI is InChI=1S/C25H47F5/c1-3-5-7-9-11-12-13-14-16-18-20-22-23(24(26,27)25(28,29)30)21-19-17-15-10-8-6-4-2/h23H,3-22H2,1-2H3. The first kappa shape index (κ1) is 29.7. The molecule has 0 aliphatic carbocycles. The van der Waals surface area contributed by atoms with E-state index in [9.17, 15) is 22.0 Å². The highest BCUT2D eigenvalue weighted by Gasteiger charge is 2.61. The van der Waals surface area contributed by atoms with Crippen LogP contribution in [0.1, 0.15) is 142 Å². The fraction of sp³-hybridized carbons (Fsp3) is 1.00. The molecule has 0 aliphatic heterocycles. The summed E-state index contributed by atoms with van der Waals surface area (Å²) in [5.74, 6) is -6.13. The topological polar surface area (TPSA) is 0 Å². The van der Waals surface area contributed by atoms with E-state index >= 15 is 0 Å². The number of hydrogen-bond acceptors (Lipinski definition) is 0. The number of hydrogen-bond donors (Lipinski definition) is 0. The largest absolute Gasteiger partial charge is 0.453 e. The third-order valence-corrected chi connectivity index (χ3v) is 6.20. The summed E-state index contributed by atoms with van der Waals surface area (Å²) in [6, 6.07) is 0. The second-order valence-corrected chi connectivity index (χ2v) is 9.05. The van der Waals surface area contributed by atoms with Gasteiger partial charge in [0, 0.05) is 5.92 Å². The zero-order valence-corrected chi connectivity index (χ0v) is 19.6. The highest BCUT2D eigenvalue weighted by molar-refractivity contribution is 4.84. The SMILES string of the molecule is CCCCCCCCCCCCCC(CCCCCCCCC)C(F)(F)C(F)(F)F. The minimum atomic E-state index is -5.43. The highest BCUT2D eigenvalue weighted by atomic mass is 19.4. The van der Waals surface area contributed by atoms with Crippen LogP contribution in [0.4, 0.5) is 22.0 Å². The predicted molar refractivity (Wildman–Crippen MR) is 118 cm³/mol. The van der Waals surface area contributed by atoms with Gasteiger partial charge in [-0.15, -0.1) is 0 Å². The van der Waals surface area contributed by atoms with Crippen LogP contribution in [-0.2, 0) is 0 Å². The highest BCUT2D eigenvalue weighted by Crippen LogP contribution is 2.45. The molecule has 30 heavy (non-hydrogen) atoms. The molecule has 0 nitrogen and oxygen atoms in total. The molecule has 0 radical (unpaired) electrons. The first-order chi connectivity index (χ1) is 14.3. The molecule has 0 spiro atoms. The van der Waals surface area contributed by atoms with E-state index in [4.69, 9.17) is 0 Å². The summed E-state index contributed by atoms with van der Waals surface area (Å²) in [4.78, 5) is 0. The Bertz CT molecular complexity index is 365. The summed E-state index contributed by atoms with van der Waals surface area (Å²) in [7, 11) is 0. The molecular formula is C25H47F5. The van der Waals surface area contributed by atoms with Gasteiger partial charge in [-0.3, -0.25) is 0 Å². The monoisotopic (exact) mass is 442 g/mol. The quantitative estimate of drug-likeness (QED) is 0.122. The molecular weight excluding hydrogens is 395 g/mol. The van der Waals surface area contributed by atoms with Gasteiger partial charge in [0.2, 0.25) is 0 Å². The summed E-state index contributed by atoms with van der Waals surface area (Å²) in [6.07, 6.45) is 13.1. The van der Waals surface area contributed by atoms with Crippen molar-refractivity contribution in [2.45, 2.75) is 154 Å².